The molecule has 122 valence electrons. The monoisotopic (exact) mass is 334 g/mol. The number of carbonyl (C=O) groups excluding carboxylic acids is 1. The summed E-state index contributed by atoms with van der Waals surface area (Å²) in [5.74, 6) is -1.12. The quantitative estimate of drug-likeness (QED) is 0.829. The number of pyridine rings is 1. The summed E-state index contributed by atoms with van der Waals surface area (Å²) in [6.07, 6.45) is -7.68. The maximum atomic E-state index is 12.8. The molecule has 0 atom stereocenters. The summed E-state index contributed by atoms with van der Waals surface area (Å²) >= 11 is 0. The van der Waals surface area contributed by atoms with Gasteiger partial charge in [0.1, 0.15) is 0 Å². The van der Waals surface area contributed by atoms with Crippen LogP contribution in [0.25, 0.3) is 0 Å². The zero-order chi connectivity index (χ0) is 17.3. The second kappa shape index (κ2) is 5.90. The zero-order valence-electron chi connectivity index (χ0n) is 11.2. The Hall–Kier alpha value is -2.58. The van der Waals surface area contributed by atoms with Gasteiger partial charge < -0.3 is 5.32 Å². The summed E-state index contributed by atoms with van der Waals surface area (Å²) in [4.78, 5) is 15.3. The van der Waals surface area contributed by atoms with Crippen LogP contribution >= 0.6 is 0 Å². The van der Waals surface area contributed by atoms with Crippen molar-refractivity contribution in [2.45, 2.75) is 12.4 Å². The number of alkyl halides is 6. The number of carbonyl (C=O) groups is 1. The van der Waals surface area contributed by atoms with Crippen LogP contribution in [0.5, 0.6) is 0 Å². The van der Waals surface area contributed by atoms with Crippen molar-refractivity contribution in [3.8, 4) is 0 Å². The second-order valence-corrected chi connectivity index (χ2v) is 4.45. The molecule has 0 aliphatic rings. The third-order valence-corrected chi connectivity index (χ3v) is 2.84. The van der Waals surface area contributed by atoms with E-state index in [4.69, 9.17) is 0 Å². The van der Waals surface area contributed by atoms with E-state index < -0.39 is 35.0 Å². The van der Waals surface area contributed by atoms with Gasteiger partial charge in [-0.15, -0.1) is 0 Å². The van der Waals surface area contributed by atoms with E-state index in [1.165, 1.54) is 0 Å². The predicted molar refractivity (Wildman–Crippen MR) is 68.6 cm³/mol. The van der Waals surface area contributed by atoms with E-state index >= 15 is 0 Å². The number of hydrogen-bond acceptors (Lipinski definition) is 2. The minimum Gasteiger partial charge on any atom is -0.322 e. The molecule has 9 heteroatoms. The van der Waals surface area contributed by atoms with Crippen LogP contribution in [-0.2, 0) is 12.4 Å². The van der Waals surface area contributed by atoms with Crippen molar-refractivity contribution in [3.05, 3.63) is 59.4 Å². The van der Waals surface area contributed by atoms with E-state index in [-0.39, 0.29) is 5.69 Å². The number of aromatic nitrogens is 1. The van der Waals surface area contributed by atoms with Gasteiger partial charge in [-0.3, -0.25) is 9.78 Å². The van der Waals surface area contributed by atoms with Gasteiger partial charge in [-0.05, 0) is 30.3 Å². The highest BCUT2D eigenvalue weighted by molar-refractivity contribution is 6.05. The Kier molecular flexibility index (Phi) is 4.31. The molecule has 0 radical (unpaired) electrons. The first-order chi connectivity index (χ1) is 10.6. The molecule has 1 N–H and O–H groups in total. The lowest BCUT2D eigenvalue weighted by molar-refractivity contribution is -0.138. The number of rotatable bonds is 2. The van der Waals surface area contributed by atoms with Crippen LogP contribution in [-0.4, -0.2) is 10.9 Å². The van der Waals surface area contributed by atoms with E-state index in [1.54, 1.807) is 0 Å². The Morgan fingerprint density at radius 1 is 0.913 bits per heavy atom. The standard InChI is InChI=1S/C14H8F6N2O/c15-13(16,17)8-1-3-9(4-2-8)22-12(23)10-7-21-6-5-11(10)14(18,19)20/h1-7H,(H,22,23). The lowest BCUT2D eigenvalue weighted by Gasteiger charge is -2.12. The number of hydrogen-bond donors (Lipinski definition) is 1. The number of amides is 1. The molecule has 0 aliphatic heterocycles. The highest BCUT2D eigenvalue weighted by Crippen LogP contribution is 2.32. The minimum absolute atomic E-state index is 0.0695. The Morgan fingerprint density at radius 2 is 1.52 bits per heavy atom. The van der Waals surface area contributed by atoms with Crippen molar-refractivity contribution < 1.29 is 31.1 Å². The average molecular weight is 334 g/mol. The molecule has 2 aromatic rings. The van der Waals surface area contributed by atoms with Gasteiger partial charge >= 0.3 is 12.4 Å². The summed E-state index contributed by atoms with van der Waals surface area (Å²) in [6, 6.07) is 3.96. The van der Waals surface area contributed by atoms with Gasteiger partial charge in [0.25, 0.3) is 5.91 Å². The number of benzene rings is 1. The Balaban J connectivity index is 2.24. The number of nitrogens with zero attached hydrogens (tertiary/aromatic N) is 1. The first-order valence-corrected chi connectivity index (χ1v) is 6.09. The second-order valence-electron chi connectivity index (χ2n) is 4.45. The highest BCUT2D eigenvalue weighted by Gasteiger charge is 2.35. The minimum atomic E-state index is -4.75. The van der Waals surface area contributed by atoms with Crippen molar-refractivity contribution in [2.75, 3.05) is 5.32 Å². The normalized spacial score (nSPS) is 12.1. The van der Waals surface area contributed by atoms with Crippen LogP contribution in [0.15, 0.2) is 42.7 Å². The fourth-order valence-corrected chi connectivity index (χ4v) is 1.76. The molecule has 1 aromatic heterocycles. The van der Waals surface area contributed by atoms with E-state index in [9.17, 15) is 31.1 Å². The van der Waals surface area contributed by atoms with Gasteiger partial charge in [0.15, 0.2) is 0 Å². The van der Waals surface area contributed by atoms with Crippen molar-refractivity contribution >= 4 is 11.6 Å². The van der Waals surface area contributed by atoms with Crippen LogP contribution in [0.2, 0.25) is 0 Å². The van der Waals surface area contributed by atoms with Gasteiger partial charge in [0, 0.05) is 18.1 Å². The van der Waals surface area contributed by atoms with Crippen LogP contribution in [0.3, 0.4) is 0 Å². The molecule has 0 bridgehead atoms. The maximum Gasteiger partial charge on any atom is 0.417 e. The molecule has 1 aromatic carbocycles. The molecule has 0 saturated carbocycles. The van der Waals surface area contributed by atoms with Gasteiger partial charge in [-0.25, -0.2) is 0 Å². The Morgan fingerprint density at radius 3 is 2.04 bits per heavy atom. The third kappa shape index (κ3) is 3.99. The fraction of sp³-hybridized carbons (Fsp3) is 0.143. The van der Waals surface area contributed by atoms with Crippen LogP contribution < -0.4 is 5.32 Å². The van der Waals surface area contributed by atoms with E-state index in [0.29, 0.717) is 18.2 Å². The SMILES string of the molecule is O=C(Nc1ccc(C(F)(F)F)cc1)c1cnccc1C(F)(F)F. The number of nitrogens with one attached hydrogen (secondary N) is 1. The molecular weight excluding hydrogens is 326 g/mol. The first kappa shape index (κ1) is 16.8. The smallest absolute Gasteiger partial charge is 0.322 e. The molecule has 0 spiro atoms. The summed E-state index contributed by atoms with van der Waals surface area (Å²) in [5.41, 5.74) is -2.91. The van der Waals surface area contributed by atoms with Gasteiger partial charge in [-0.1, -0.05) is 0 Å². The van der Waals surface area contributed by atoms with Crippen molar-refractivity contribution in [1.82, 2.24) is 4.98 Å². The summed E-state index contributed by atoms with van der Waals surface area (Å²) in [6.45, 7) is 0. The van der Waals surface area contributed by atoms with Gasteiger partial charge in [0.2, 0.25) is 0 Å². The molecule has 1 heterocycles. The molecule has 0 fully saturated rings. The Bertz CT molecular complexity index is 706. The summed E-state index contributed by atoms with van der Waals surface area (Å²) < 4.78 is 75.6. The molecule has 0 aliphatic carbocycles. The van der Waals surface area contributed by atoms with E-state index in [1.807, 2.05) is 0 Å². The molecule has 0 saturated heterocycles. The fourth-order valence-electron chi connectivity index (χ4n) is 1.76. The lowest BCUT2D eigenvalue weighted by Crippen LogP contribution is -2.19. The van der Waals surface area contributed by atoms with Crippen molar-refractivity contribution in [3.63, 3.8) is 0 Å². The van der Waals surface area contributed by atoms with Crippen LogP contribution in [0.4, 0.5) is 32.0 Å². The van der Waals surface area contributed by atoms with Gasteiger partial charge in [-0.2, -0.15) is 26.3 Å². The van der Waals surface area contributed by atoms with E-state index in [2.05, 4.69) is 10.3 Å². The van der Waals surface area contributed by atoms with Gasteiger partial charge in [0.05, 0.1) is 16.7 Å². The lowest BCUT2D eigenvalue weighted by atomic mass is 10.1. The topological polar surface area (TPSA) is 42.0 Å². The van der Waals surface area contributed by atoms with E-state index in [0.717, 1.165) is 24.5 Å². The largest absolute Gasteiger partial charge is 0.417 e. The highest BCUT2D eigenvalue weighted by atomic mass is 19.4. The summed E-state index contributed by atoms with van der Waals surface area (Å²) in [5, 5.41) is 2.10. The third-order valence-electron chi connectivity index (χ3n) is 2.84. The molecule has 3 nitrogen and oxygen atoms in total. The predicted octanol–water partition coefficient (Wildman–Crippen LogP) is 4.37. The molecule has 1 amide bonds. The Labute approximate surface area is 126 Å². The molecular formula is C14H8F6N2O. The van der Waals surface area contributed by atoms with Crippen LogP contribution in [0.1, 0.15) is 21.5 Å². The van der Waals surface area contributed by atoms with Crippen LogP contribution in [0, 0.1) is 0 Å². The summed E-state index contributed by atoms with van der Waals surface area (Å²) in [7, 11) is 0. The first-order valence-electron chi connectivity index (χ1n) is 6.09. The maximum absolute atomic E-state index is 12.8. The van der Waals surface area contributed by atoms with Crippen molar-refractivity contribution in [1.29, 1.82) is 0 Å². The molecule has 23 heavy (non-hydrogen) atoms. The zero-order valence-corrected chi connectivity index (χ0v) is 11.2. The molecule has 2 rings (SSSR count). The molecule has 0 unspecified atom stereocenters. The average Bonchev–Trinajstić information content (AvgIpc) is 2.46. The number of halogens is 6. The number of anilines is 1. The van der Waals surface area contributed by atoms with Crippen molar-refractivity contribution in [2.24, 2.45) is 0 Å².